The SMILES string of the molecule is Cc1c(C(=O)O)nc2cnc(-c3ccc(OC(F)(F)F)cc3)cn12. The molecule has 3 aromatic rings. The van der Waals surface area contributed by atoms with Crippen molar-refractivity contribution >= 4 is 11.6 Å². The summed E-state index contributed by atoms with van der Waals surface area (Å²) in [5.74, 6) is -1.48. The highest BCUT2D eigenvalue weighted by Crippen LogP contribution is 2.26. The van der Waals surface area contributed by atoms with Crippen LogP contribution in [0.1, 0.15) is 16.2 Å². The highest BCUT2D eigenvalue weighted by atomic mass is 19.4. The van der Waals surface area contributed by atoms with E-state index in [1.54, 1.807) is 17.5 Å². The molecule has 1 N–H and O–H groups in total. The number of nitrogens with zero attached hydrogens (tertiary/aromatic N) is 3. The lowest BCUT2D eigenvalue weighted by Gasteiger charge is -2.09. The van der Waals surface area contributed by atoms with Gasteiger partial charge in [-0.05, 0) is 31.2 Å². The highest BCUT2D eigenvalue weighted by molar-refractivity contribution is 5.87. The molecule has 1 aromatic carbocycles. The molecule has 0 bridgehead atoms. The Kier molecular flexibility index (Phi) is 3.63. The molecule has 6 nitrogen and oxygen atoms in total. The first kappa shape index (κ1) is 15.8. The van der Waals surface area contributed by atoms with Crippen LogP contribution in [0.15, 0.2) is 36.7 Å². The van der Waals surface area contributed by atoms with Crippen LogP contribution >= 0.6 is 0 Å². The Hall–Kier alpha value is -3.10. The quantitative estimate of drug-likeness (QED) is 0.793. The van der Waals surface area contributed by atoms with Gasteiger partial charge >= 0.3 is 12.3 Å². The van der Waals surface area contributed by atoms with Gasteiger partial charge in [0.1, 0.15) is 5.75 Å². The summed E-state index contributed by atoms with van der Waals surface area (Å²) in [6, 6.07) is 5.22. The van der Waals surface area contributed by atoms with Gasteiger partial charge in [-0.3, -0.25) is 9.38 Å². The topological polar surface area (TPSA) is 76.7 Å². The predicted octanol–water partition coefficient (Wildman–Crippen LogP) is 3.30. The molecule has 2 aromatic heterocycles. The van der Waals surface area contributed by atoms with Crippen LogP contribution in [0.5, 0.6) is 5.75 Å². The number of aromatic nitrogens is 3. The van der Waals surface area contributed by atoms with Crippen LogP contribution in [-0.4, -0.2) is 31.8 Å². The number of alkyl halides is 3. The fourth-order valence-corrected chi connectivity index (χ4v) is 2.25. The first-order valence-electron chi connectivity index (χ1n) is 6.69. The van der Waals surface area contributed by atoms with Crippen molar-refractivity contribution < 1.29 is 27.8 Å². The van der Waals surface area contributed by atoms with Crippen LogP contribution in [0.4, 0.5) is 13.2 Å². The summed E-state index contributed by atoms with van der Waals surface area (Å²) in [6.07, 6.45) is -1.78. The summed E-state index contributed by atoms with van der Waals surface area (Å²) in [4.78, 5) is 19.2. The van der Waals surface area contributed by atoms with Crippen LogP contribution in [-0.2, 0) is 0 Å². The van der Waals surface area contributed by atoms with Crippen molar-refractivity contribution in [1.29, 1.82) is 0 Å². The average Bonchev–Trinajstić information content (AvgIpc) is 2.83. The van der Waals surface area contributed by atoms with Crippen LogP contribution in [0, 0.1) is 6.92 Å². The molecule has 0 aliphatic carbocycles. The molecule has 0 aliphatic heterocycles. The number of rotatable bonds is 3. The summed E-state index contributed by atoms with van der Waals surface area (Å²) in [6.45, 7) is 1.60. The number of benzene rings is 1. The maximum absolute atomic E-state index is 12.2. The monoisotopic (exact) mass is 337 g/mol. The van der Waals surface area contributed by atoms with Gasteiger partial charge in [-0.15, -0.1) is 13.2 Å². The number of carboxylic acids is 1. The fourth-order valence-electron chi connectivity index (χ4n) is 2.25. The van der Waals surface area contributed by atoms with Gasteiger partial charge < -0.3 is 9.84 Å². The molecule has 24 heavy (non-hydrogen) atoms. The molecule has 0 amide bonds. The van der Waals surface area contributed by atoms with Gasteiger partial charge in [0.05, 0.1) is 17.6 Å². The zero-order valence-corrected chi connectivity index (χ0v) is 12.2. The Bertz CT molecular complexity index is 917. The van der Waals surface area contributed by atoms with Crippen molar-refractivity contribution in [1.82, 2.24) is 14.4 Å². The molecule has 0 spiro atoms. The van der Waals surface area contributed by atoms with E-state index in [2.05, 4.69) is 14.7 Å². The summed E-state index contributed by atoms with van der Waals surface area (Å²) < 4.78 is 41.8. The van der Waals surface area contributed by atoms with E-state index >= 15 is 0 Å². The molecule has 3 rings (SSSR count). The van der Waals surface area contributed by atoms with Gasteiger partial charge in [-0.25, -0.2) is 9.78 Å². The zero-order valence-electron chi connectivity index (χ0n) is 12.2. The van der Waals surface area contributed by atoms with Gasteiger partial charge in [0.15, 0.2) is 11.3 Å². The van der Waals surface area contributed by atoms with Gasteiger partial charge in [0.2, 0.25) is 0 Å². The summed E-state index contributed by atoms with van der Waals surface area (Å²) in [5, 5.41) is 9.07. The lowest BCUT2D eigenvalue weighted by atomic mass is 10.1. The number of aromatic carboxylic acids is 1. The van der Waals surface area contributed by atoms with Crippen LogP contribution in [0.25, 0.3) is 16.9 Å². The van der Waals surface area contributed by atoms with Gasteiger partial charge in [0.25, 0.3) is 0 Å². The smallest absolute Gasteiger partial charge is 0.476 e. The molecule has 0 radical (unpaired) electrons. The second-order valence-corrected chi connectivity index (χ2v) is 4.92. The molecule has 0 saturated carbocycles. The Morgan fingerprint density at radius 3 is 2.50 bits per heavy atom. The number of aryl methyl sites for hydroxylation is 1. The Balaban J connectivity index is 1.97. The zero-order chi connectivity index (χ0) is 17.5. The molecule has 0 aliphatic rings. The normalized spacial score (nSPS) is 11.7. The largest absolute Gasteiger partial charge is 0.573 e. The molecule has 0 atom stereocenters. The molecule has 0 unspecified atom stereocenters. The lowest BCUT2D eigenvalue weighted by Crippen LogP contribution is -2.16. The second kappa shape index (κ2) is 5.52. The van der Waals surface area contributed by atoms with Crippen molar-refractivity contribution in [2.45, 2.75) is 13.3 Å². The third-order valence-electron chi connectivity index (χ3n) is 3.33. The van der Waals surface area contributed by atoms with Crippen molar-refractivity contribution in [2.75, 3.05) is 0 Å². The third kappa shape index (κ3) is 3.00. The minimum atomic E-state index is -4.75. The van der Waals surface area contributed by atoms with Crippen molar-refractivity contribution in [2.24, 2.45) is 0 Å². The van der Waals surface area contributed by atoms with E-state index in [0.717, 1.165) is 0 Å². The number of hydrogen-bond donors (Lipinski definition) is 1. The Morgan fingerprint density at radius 2 is 1.92 bits per heavy atom. The van der Waals surface area contributed by atoms with E-state index in [1.807, 2.05) is 0 Å². The minimum Gasteiger partial charge on any atom is -0.476 e. The fraction of sp³-hybridized carbons (Fsp3) is 0.133. The minimum absolute atomic E-state index is 0.0807. The number of carbonyl (C=O) groups is 1. The van der Waals surface area contributed by atoms with E-state index in [1.165, 1.54) is 30.5 Å². The van der Waals surface area contributed by atoms with Gasteiger partial charge in [-0.2, -0.15) is 0 Å². The van der Waals surface area contributed by atoms with Crippen molar-refractivity contribution in [3.05, 3.63) is 48.0 Å². The number of halogens is 3. The average molecular weight is 337 g/mol. The van der Waals surface area contributed by atoms with Gasteiger partial charge in [0, 0.05) is 11.8 Å². The van der Waals surface area contributed by atoms with E-state index in [0.29, 0.717) is 22.6 Å². The summed E-state index contributed by atoms with van der Waals surface area (Å²) >= 11 is 0. The molecule has 9 heteroatoms. The molecular weight excluding hydrogens is 327 g/mol. The van der Waals surface area contributed by atoms with E-state index in [9.17, 15) is 18.0 Å². The molecule has 124 valence electrons. The number of imidazole rings is 1. The number of ether oxygens (including phenoxy) is 1. The maximum Gasteiger partial charge on any atom is 0.573 e. The summed E-state index contributed by atoms with van der Waals surface area (Å²) in [7, 11) is 0. The van der Waals surface area contributed by atoms with Gasteiger partial charge in [-0.1, -0.05) is 0 Å². The molecule has 2 heterocycles. The first-order valence-corrected chi connectivity index (χ1v) is 6.69. The Morgan fingerprint density at radius 1 is 1.25 bits per heavy atom. The van der Waals surface area contributed by atoms with Crippen molar-refractivity contribution in [3.63, 3.8) is 0 Å². The maximum atomic E-state index is 12.2. The standard InChI is InChI=1S/C15H10F3N3O3/c1-8-13(14(22)23)20-12-6-19-11(7-21(8)12)9-2-4-10(5-3-9)24-15(16,17)18/h2-7H,1H3,(H,22,23). The molecular formula is C15H10F3N3O3. The third-order valence-corrected chi connectivity index (χ3v) is 3.33. The van der Waals surface area contributed by atoms with Crippen LogP contribution in [0.3, 0.4) is 0 Å². The van der Waals surface area contributed by atoms with Crippen molar-refractivity contribution in [3.8, 4) is 17.0 Å². The Labute approximate surface area is 133 Å². The van der Waals surface area contributed by atoms with E-state index in [4.69, 9.17) is 5.11 Å². The van der Waals surface area contributed by atoms with Crippen LogP contribution in [0.2, 0.25) is 0 Å². The first-order chi connectivity index (χ1) is 11.2. The molecule has 0 saturated heterocycles. The lowest BCUT2D eigenvalue weighted by molar-refractivity contribution is -0.274. The summed E-state index contributed by atoms with van der Waals surface area (Å²) in [5.41, 5.74) is 1.72. The van der Waals surface area contributed by atoms with E-state index in [-0.39, 0.29) is 11.4 Å². The number of carboxylic acid groups (broad SMARTS) is 1. The number of hydrogen-bond acceptors (Lipinski definition) is 4. The van der Waals surface area contributed by atoms with E-state index < -0.39 is 12.3 Å². The highest BCUT2D eigenvalue weighted by Gasteiger charge is 2.31. The predicted molar refractivity (Wildman–Crippen MR) is 76.8 cm³/mol. The molecule has 0 fully saturated rings. The number of fused-ring (bicyclic) bond motifs is 1. The second-order valence-electron chi connectivity index (χ2n) is 4.92. The van der Waals surface area contributed by atoms with Crippen LogP contribution < -0.4 is 4.74 Å².